The van der Waals surface area contributed by atoms with E-state index in [1.54, 1.807) is 0 Å². The van der Waals surface area contributed by atoms with Gasteiger partial charge in [0.05, 0.1) is 0 Å². The third-order valence-corrected chi connectivity index (χ3v) is 3.61. The number of hydrogen-bond donors (Lipinski definition) is 0. The third-order valence-electron chi connectivity index (χ3n) is 3.61. The largest absolute Gasteiger partial charge is 0.298 e. The minimum absolute atomic E-state index is 0.751. The van der Waals surface area contributed by atoms with E-state index in [4.69, 9.17) is 0 Å². The molecule has 18 heavy (non-hydrogen) atoms. The lowest BCUT2D eigenvalue weighted by Crippen LogP contribution is -1.88. The van der Waals surface area contributed by atoms with Crippen molar-refractivity contribution in [2.45, 2.75) is 0 Å². The molecule has 0 aliphatic carbocycles. The summed E-state index contributed by atoms with van der Waals surface area (Å²) in [6.07, 6.45) is 0.926. The maximum atomic E-state index is 11.1. The van der Waals surface area contributed by atoms with Crippen molar-refractivity contribution in [3.05, 3.63) is 60.2 Å². The first-order chi connectivity index (χ1) is 8.88. The fourth-order valence-corrected chi connectivity index (χ4v) is 2.78. The Morgan fingerprint density at radius 2 is 1.61 bits per heavy atom. The van der Waals surface area contributed by atoms with Crippen LogP contribution in [0.25, 0.3) is 32.3 Å². The summed E-state index contributed by atoms with van der Waals surface area (Å²) in [5.41, 5.74) is 0.751. The first-order valence-electron chi connectivity index (χ1n) is 5.92. The van der Waals surface area contributed by atoms with Crippen molar-refractivity contribution >= 4 is 38.6 Å². The van der Waals surface area contributed by atoms with Crippen molar-refractivity contribution in [1.82, 2.24) is 0 Å². The smallest absolute Gasteiger partial charge is 0.150 e. The molecule has 0 unspecified atom stereocenters. The Balaban J connectivity index is 2.43. The first-order valence-corrected chi connectivity index (χ1v) is 5.92. The fraction of sp³-hybridized carbons (Fsp3) is 0. The summed E-state index contributed by atoms with van der Waals surface area (Å²) in [4.78, 5) is 11.1. The van der Waals surface area contributed by atoms with Crippen LogP contribution in [0.4, 0.5) is 0 Å². The summed E-state index contributed by atoms with van der Waals surface area (Å²) in [7, 11) is 0. The van der Waals surface area contributed by atoms with Crippen LogP contribution in [0.15, 0.2) is 48.5 Å². The average Bonchev–Trinajstić information content (AvgIpc) is 2.44. The van der Waals surface area contributed by atoms with Crippen molar-refractivity contribution in [1.29, 1.82) is 0 Å². The van der Waals surface area contributed by atoms with E-state index in [2.05, 4.69) is 24.3 Å². The van der Waals surface area contributed by atoms with E-state index < -0.39 is 0 Å². The van der Waals surface area contributed by atoms with Crippen LogP contribution in [0.5, 0.6) is 0 Å². The second kappa shape index (κ2) is 3.30. The number of carbonyl (C=O) groups excluding carboxylic acids is 1. The Bertz CT molecular complexity index is 874. The molecule has 0 saturated heterocycles. The molecule has 0 aliphatic rings. The number of hydrogen-bond acceptors (Lipinski definition) is 1. The minimum Gasteiger partial charge on any atom is -0.298 e. The lowest BCUT2D eigenvalue weighted by Gasteiger charge is -2.11. The van der Waals surface area contributed by atoms with Crippen molar-refractivity contribution in [3.63, 3.8) is 0 Å². The number of aldehydes is 1. The zero-order valence-electron chi connectivity index (χ0n) is 9.60. The van der Waals surface area contributed by atoms with Crippen molar-refractivity contribution in [2.24, 2.45) is 0 Å². The standard InChI is InChI=1S/C17H9O/c18-10-14-7-6-13-5-4-11-2-1-3-12-8-9-15(14)17(13)16(11)12/h1-2,4-10H. The second-order valence-corrected chi connectivity index (χ2v) is 4.54. The van der Waals surface area contributed by atoms with Crippen LogP contribution >= 0.6 is 0 Å². The lowest BCUT2D eigenvalue weighted by atomic mass is 9.92. The van der Waals surface area contributed by atoms with Crippen LogP contribution in [0, 0.1) is 6.07 Å². The average molecular weight is 229 g/mol. The highest BCUT2D eigenvalue weighted by Gasteiger charge is 2.09. The zero-order chi connectivity index (χ0) is 12.1. The number of carbonyl (C=O) groups is 1. The van der Waals surface area contributed by atoms with Crippen LogP contribution in [0.2, 0.25) is 0 Å². The molecule has 0 aromatic heterocycles. The Morgan fingerprint density at radius 3 is 2.44 bits per heavy atom. The maximum absolute atomic E-state index is 11.1. The van der Waals surface area contributed by atoms with E-state index in [-0.39, 0.29) is 0 Å². The van der Waals surface area contributed by atoms with Crippen LogP contribution < -0.4 is 0 Å². The van der Waals surface area contributed by atoms with Gasteiger partial charge in [-0.2, -0.15) is 0 Å². The van der Waals surface area contributed by atoms with E-state index >= 15 is 0 Å². The van der Waals surface area contributed by atoms with Crippen LogP contribution in [-0.4, -0.2) is 6.29 Å². The molecular formula is C17H9O. The Hall–Kier alpha value is -2.41. The molecule has 83 valence electrons. The molecule has 0 amide bonds. The molecule has 4 aromatic carbocycles. The normalized spacial score (nSPS) is 11.6. The van der Waals surface area contributed by atoms with Gasteiger partial charge >= 0.3 is 0 Å². The molecule has 0 fully saturated rings. The Kier molecular flexibility index (Phi) is 1.76. The molecule has 1 heteroatoms. The SMILES string of the molecule is O=Cc1ccc2ccc3cc[c]c4ccc1c2c43. The van der Waals surface area contributed by atoms with Gasteiger partial charge in [0.25, 0.3) is 0 Å². The van der Waals surface area contributed by atoms with Gasteiger partial charge in [0, 0.05) is 5.56 Å². The maximum Gasteiger partial charge on any atom is 0.150 e. The summed E-state index contributed by atoms with van der Waals surface area (Å²) in [6, 6.07) is 19.5. The van der Waals surface area contributed by atoms with Gasteiger partial charge in [-0.15, -0.1) is 0 Å². The van der Waals surface area contributed by atoms with Gasteiger partial charge in [-0.1, -0.05) is 48.5 Å². The summed E-state index contributed by atoms with van der Waals surface area (Å²) < 4.78 is 0. The summed E-state index contributed by atoms with van der Waals surface area (Å²) in [6.45, 7) is 0. The quantitative estimate of drug-likeness (QED) is 0.353. The Labute approximate surface area is 104 Å². The van der Waals surface area contributed by atoms with E-state index in [0.717, 1.165) is 22.6 Å². The molecule has 1 nitrogen and oxygen atoms in total. The molecular weight excluding hydrogens is 220 g/mol. The summed E-state index contributed by atoms with van der Waals surface area (Å²) in [5.74, 6) is 0. The van der Waals surface area contributed by atoms with Crippen molar-refractivity contribution < 1.29 is 4.79 Å². The van der Waals surface area contributed by atoms with Gasteiger partial charge in [0.15, 0.2) is 6.29 Å². The van der Waals surface area contributed by atoms with Crippen LogP contribution in [0.3, 0.4) is 0 Å². The highest BCUT2D eigenvalue weighted by molar-refractivity contribution is 6.24. The molecule has 0 heterocycles. The van der Waals surface area contributed by atoms with Gasteiger partial charge in [0.2, 0.25) is 0 Å². The summed E-state index contributed by atoms with van der Waals surface area (Å²) in [5, 5.41) is 6.88. The molecule has 1 radical (unpaired) electrons. The first kappa shape index (κ1) is 9.60. The number of rotatable bonds is 1. The molecule has 0 spiro atoms. The third kappa shape index (κ3) is 1.08. The van der Waals surface area contributed by atoms with E-state index in [1.807, 2.05) is 30.3 Å². The fourth-order valence-electron chi connectivity index (χ4n) is 2.78. The van der Waals surface area contributed by atoms with Gasteiger partial charge in [-0.25, -0.2) is 0 Å². The number of benzene rings is 4. The monoisotopic (exact) mass is 229 g/mol. The Morgan fingerprint density at radius 1 is 0.833 bits per heavy atom. The van der Waals surface area contributed by atoms with Crippen LogP contribution in [0.1, 0.15) is 10.4 Å². The molecule has 0 bridgehead atoms. The molecule has 4 aromatic rings. The molecule has 0 aliphatic heterocycles. The molecule has 0 atom stereocenters. The van der Waals surface area contributed by atoms with E-state index in [9.17, 15) is 4.79 Å². The van der Waals surface area contributed by atoms with Gasteiger partial charge < -0.3 is 0 Å². The minimum atomic E-state index is 0.751. The highest BCUT2D eigenvalue weighted by atomic mass is 16.1. The lowest BCUT2D eigenvalue weighted by molar-refractivity contribution is 0.112. The van der Waals surface area contributed by atoms with Crippen LogP contribution in [-0.2, 0) is 0 Å². The topological polar surface area (TPSA) is 17.1 Å². The van der Waals surface area contributed by atoms with Gasteiger partial charge in [-0.3, -0.25) is 4.79 Å². The predicted molar refractivity (Wildman–Crippen MR) is 74.4 cm³/mol. The highest BCUT2D eigenvalue weighted by Crippen LogP contribution is 2.35. The van der Waals surface area contributed by atoms with Crippen molar-refractivity contribution in [3.8, 4) is 0 Å². The van der Waals surface area contributed by atoms with Crippen molar-refractivity contribution in [2.75, 3.05) is 0 Å². The summed E-state index contributed by atoms with van der Waals surface area (Å²) >= 11 is 0. The molecule has 0 saturated carbocycles. The zero-order valence-corrected chi connectivity index (χ0v) is 9.60. The molecule has 4 rings (SSSR count). The second-order valence-electron chi connectivity index (χ2n) is 4.54. The van der Waals surface area contributed by atoms with E-state index in [1.165, 1.54) is 21.5 Å². The van der Waals surface area contributed by atoms with Gasteiger partial charge in [0.1, 0.15) is 0 Å². The molecule has 0 N–H and O–H groups in total. The predicted octanol–water partition coefficient (Wildman–Crippen LogP) is 4.20. The van der Waals surface area contributed by atoms with E-state index in [0.29, 0.717) is 0 Å². The van der Waals surface area contributed by atoms with Gasteiger partial charge in [-0.05, 0) is 38.4 Å².